The Morgan fingerprint density at radius 1 is 1.53 bits per heavy atom. The van der Waals surface area contributed by atoms with Gasteiger partial charge in [0, 0.05) is 10.4 Å². The summed E-state index contributed by atoms with van der Waals surface area (Å²) in [5.41, 5.74) is 1.17. The van der Waals surface area contributed by atoms with E-state index in [0.717, 1.165) is 4.88 Å². The number of hydrogen-bond donors (Lipinski definition) is 0. The Kier molecular flexibility index (Phi) is 3.94. The molecule has 2 nitrogen and oxygen atoms in total. The molecule has 0 atom stereocenters. The van der Waals surface area contributed by atoms with Crippen molar-refractivity contribution < 1.29 is 9.53 Å². The van der Waals surface area contributed by atoms with Crippen molar-refractivity contribution in [2.24, 2.45) is 0 Å². The van der Waals surface area contributed by atoms with Crippen LogP contribution in [0.3, 0.4) is 0 Å². The molecule has 0 aliphatic carbocycles. The van der Waals surface area contributed by atoms with Gasteiger partial charge >= 0.3 is 5.97 Å². The van der Waals surface area contributed by atoms with E-state index in [2.05, 4.69) is 0 Å². The monoisotopic (exact) mass is 244 g/mol. The zero-order valence-corrected chi connectivity index (χ0v) is 10.5. The van der Waals surface area contributed by atoms with Crippen LogP contribution in [0.1, 0.15) is 25.6 Å². The number of carbonyl (C=O) groups is 1. The number of thiophene rings is 1. The maximum Gasteiger partial charge on any atom is 0.340 e. The molecule has 0 bridgehead atoms. The first-order chi connectivity index (χ1) is 6.94. The summed E-state index contributed by atoms with van der Waals surface area (Å²) < 4.78 is 5.23. The molecule has 1 aromatic heterocycles. The van der Waals surface area contributed by atoms with Crippen LogP contribution in [-0.4, -0.2) is 11.6 Å². The van der Waals surface area contributed by atoms with Gasteiger partial charge < -0.3 is 4.74 Å². The molecular formula is C11H13ClO2S. The van der Waals surface area contributed by atoms with E-state index in [9.17, 15) is 4.79 Å². The Balaban J connectivity index is 2.83. The van der Waals surface area contributed by atoms with Gasteiger partial charge in [-0.1, -0.05) is 17.7 Å². The summed E-state index contributed by atoms with van der Waals surface area (Å²) in [6.45, 7) is 5.47. The molecule has 1 heterocycles. The molecule has 1 aromatic rings. The van der Waals surface area contributed by atoms with Crippen molar-refractivity contribution in [2.75, 3.05) is 0 Å². The molecule has 0 aliphatic rings. The van der Waals surface area contributed by atoms with E-state index in [4.69, 9.17) is 16.3 Å². The first-order valence-electron chi connectivity index (χ1n) is 4.51. The second-order valence-electron chi connectivity index (χ2n) is 4.00. The van der Waals surface area contributed by atoms with Gasteiger partial charge in [0.15, 0.2) is 0 Å². The average Bonchev–Trinajstić information content (AvgIpc) is 2.54. The minimum atomic E-state index is -0.501. The van der Waals surface area contributed by atoms with Crippen LogP contribution >= 0.6 is 22.9 Å². The third kappa shape index (κ3) is 3.68. The summed E-state index contributed by atoms with van der Waals surface area (Å²) in [4.78, 5) is 12.5. The number of rotatable bonds is 2. The van der Waals surface area contributed by atoms with Crippen LogP contribution in [0, 0.1) is 0 Å². The molecule has 0 saturated heterocycles. The van der Waals surface area contributed by atoms with Crippen LogP contribution in [0.15, 0.2) is 23.0 Å². The van der Waals surface area contributed by atoms with Gasteiger partial charge in [-0.15, -0.1) is 11.3 Å². The number of hydrogen-bond acceptors (Lipinski definition) is 3. The predicted octanol–water partition coefficient (Wildman–Crippen LogP) is 3.67. The molecular weight excluding hydrogens is 232 g/mol. The summed E-state index contributed by atoms with van der Waals surface area (Å²) in [6.07, 6.45) is 0. The van der Waals surface area contributed by atoms with Gasteiger partial charge in [0.05, 0.1) is 5.57 Å². The number of esters is 1. The molecule has 0 saturated carbocycles. The highest BCUT2D eigenvalue weighted by atomic mass is 35.5. The largest absolute Gasteiger partial charge is 0.456 e. The summed E-state index contributed by atoms with van der Waals surface area (Å²) in [7, 11) is 0. The van der Waals surface area contributed by atoms with E-state index in [1.54, 1.807) is 0 Å². The molecule has 15 heavy (non-hydrogen) atoms. The molecule has 1 rings (SSSR count). The second-order valence-corrected chi connectivity index (χ2v) is 5.17. The number of carbonyl (C=O) groups excluding carboxylic acids is 1. The highest BCUT2D eigenvalue weighted by Gasteiger charge is 2.21. The maximum absolute atomic E-state index is 11.7. The smallest absolute Gasteiger partial charge is 0.340 e. The first kappa shape index (κ1) is 12.3. The van der Waals surface area contributed by atoms with Gasteiger partial charge in [-0.2, -0.15) is 0 Å². The van der Waals surface area contributed by atoms with Gasteiger partial charge in [-0.05, 0) is 32.2 Å². The normalized spacial score (nSPS) is 12.7. The lowest BCUT2D eigenvalue weighted by molar-refractivity contribution is -0.147. The van der Waals surface area contributed by atoms with Crippen molar-refractivity contribution in [3.63, 3.8) is 0 Å². The van der Waals surface area contributed by atoms with E-state index in [1.807, 2.05) is 38.3 Å². The standard InChI is InChI=1S/C11H13ClO2S/c1-11(2,3)14-10(13)8(7-12)9-5-4-6-15-9/h4-7H,1-3H3. The average molecular weight is 245 g/mol. The number of ether oxygens (including phenoxy) is 1. The summed E-state index contributed by atoms with van der Waals surface area (Å²) in [6, 6.07) is 3.70. The van der Waals surface area contributed by atoms with Crippen LogP contribution in [0.25, 0.3) is 5.57 Å². The predicted molar refractivity (Wildman–Crippen MR) is 64.0 cm³/mol. The lowest BCUT2D eigenvalue weighted by Gasteiger charge is -2.19. The molecule has 82 valence electrons. The Morgan fingerprint density at radius 3 is 2.60 bits per heavy atom. The molecule has 0 N–H and O–H groups in total. The van der Waals surface area contributed by atoms with Crippen LogP contribution < -0.4 is 0 Å². The van der Waals surface area contributed by atoms with Crippen molar-refractivity contribution in [2.45, 2.75) is 26.4 Å². The lowest BCUT2D eigenvalue weighted by Crippen LogP contribution is -2.24. The van der Waals surface area contributed by atoms with Gasteiger partial charge in [-0.3, -0.25) is 0 Å². The fourth-order valence-corrected chi connectivity index (χ4v) is 1.97. The van der Waals surface area contributed by atoms with Gasteiger partial charge in [0.25, 0.3) is 0 Å². The highest BCUT2D eigenvalue weighted by Crippen LogP contribution is 2.24. The number of halogens is 1. The fourth-order valence-electron chi connectivity index (χ4n) is 0.964. The van der Waals surface area contributed by atoms with Crippen molar-refractivity contribution in [1.82, 2.24) is 0 Å². The molecule has 4 heteroatoms. The van der Waals surface area contributed by atoms with Crippen LogP contribution in [0.5, 0.6) is 0 Å². The lowest BCUT2D eigenvalue weighted by atomic mass is 10.2. The summed E-state index contributed by atoms with van der Waals surface area (Å²) >= 11 is 7.08. The van der Waals surface area contributed by atoms with Crippen LogP contribution in [0.2, 0.25) is 0 Å². The summed E-state index contributed by atoms with van der Waals surface area (Å²) in [5.74, 6) is -0.389. The van der Waals surface area contributed by atoms with Crippen LogP contribution in [0.4, 0.5) is 0 Å². The molecule has 0 spiro atoms. The SMILES string of the molecule is CC(C)(C)OC(=O)C(=CCl)c1cccs1. The minimum Gasteiger partial charge on any atom is -0.456 e. The van der Waals surface area contributed by atoms with Gasteiger partial charge in [0.2, 0.25) is 0 Å². The quantitative estimate of drug-likeness (QED) is 0.586. The Hall–Kier alpha value is -0.800. The molecule has 0 aromatic carbocycles. The third-order valence-electron chi connectivity index (χ3n) is 1.51. The third-order valence-corrected chi connectivity index (χ3v) is 2.64. The molecule has 0 fully saturated rings. The van der Waals surface area contributed by atoms with E-state index in [1.165, 1.54) is 16.9 Å². The zero-order valence-electron chi connectivity index (χ0n) is 8.91. The van der Waals surface area contributed by atoms with E-state index >= 15 is 0 Å². The zero-order chi connectivity index (χ0) is 11.5. The Labute approximate surface area is 98.5 Å². The van der Waals surface area contributed by atoms with Crippen molar-refractivity contribution in [3.8, 4) is 0 Å². The maximum atomic E-state index is 11.7. The van der Waals surface area contributed by atoms with Crippen molar-refractivity contribution in [3.05, 3.63) is 27.9 Å². The molecule has 0 radical (unpaired) electrons. The van der Waals surface area contributed by atoms with Gasteiger partial charge in [-0.25, -0.2) is 4.79 Å². The van der Waals surface area contributed by atoms with E-state index in [0.29, 0.717) is 5.57 Å². The topological polar surface area (TPSA) is 26.3 Å². The Bertz CT molecular complexity index is 360. The molecule has 0 unspecified atom stereocenters. The van der Waals surface area contributed by atoms with E-state index in [-0.39, 0.29) is 5.97 Å². The minimum absolute atomic E-state index is 0.389. The fraction of sp³-hybridized carbons (Fsp3) is 0.364. The second kappa shape index (κ2) is 4.81. The summed E-state index contributed by atoms with van der Waals surface area (Å²) in [5, 5.41) is 1.89. The first-order valence-corrected chi connectivity index (χ1v) is 5.83. The van der Waals surface area contributed by atoms with Crippen molar-refractivity contribution >= 4 is 34.5 Å². The van der Waals surface area contributed by atoms with Crippen LogP contribution in [-0.2, 0) is 9.53 Å². The highest BCUT2D eigenvalue weighted by molar-refractivity contribution is 7.11. The van der Waals surface area contributed by atoms with E-state index < -0.39 is 5.60 Å². The van der Waals surface area contributed by atoms with Crippen molar-refractivity contribution in [1.29, 1.82) is 0 Å². The Morgan fingerprint density at radius 2 is 2.20 bits per heavy atom. The molecule has 0 aliphatic heterocycles. The van der Waals surface area contributed by atoms with Gasteiger partial charge in [0.1, 0.15) is 5.60 Å². The molecule has 0 amide bonds.